The van der Waals surface area contributed by atoms with E-state index in [1.807, 2.05) is 11.3 Å². The van der Waals surface area contributed by atoms with E-state index < -0.39 is 0 Å². The largest absolute Gasteiger partial charge is 0.497 e. The van der Waals surface area contributed by atoms with Gasteiger partial charge in [-0.15, -0.1) is 23.7 Å². The van der Waals surface area contributed by atoms with Crippen molar-refractivity contribution in [2.45, 2.75) is 31.6 Å². The van der Waals surface area contributed by atoms with Crippen LogP contribution in [0.2, 0.25) is 0 Å². The van der Waals surface area contributed by atoms with Gasteiger partial charge in [0.25, 0.3) is 0 Å². The molecule has 0 fully saturated rings. The Bertz CT molecular complexity index is 599. The number of ether oxygens (including phenoxy) is 1. The van der Waals surface area contributed by atoms with Crippen LogP contribution in [0, 0.1) is 5.92 Å². The number of thiophene rings is 1. The Hall–Kier alpha value is -1.03. The fourth-order valence-corrected chi connectivity index (χ4v) is 4.54. The van der Waals surface area contributed by atoms with Crippen molar-refractivity contribution in [3.8, 4) is 5.75 Å². The number of hydrogen-bond donors (Lipinski definition) is 1. The minimum absolute atomic E-state index is 0. The van der Waals surface area contributed by atoms with Gasteiger partial charge >= 0.3 is 0 Å². The lowest BCUT2D eigenvalue weighted by Crippen LogP contribution is -2.28. The van der Waals surface area contributed by atoms with Crippen LogP contribution in [0.1, 0.15) is 34.8 Å². The van der Waals surface area contributed by atoms with Crippen LogP contribution < -0.4 is 10.1 Å². The van der Waals surface area contributed by atoms with Gasteiger partial charge in [-0.1, -0.05) is 12.1 Å². The van der Waals surface area contributed by atoms with E-state index in [1.165, 1.54) is 41.7 Å². The van der Waals surface area contributed by atoms with Crippen molar-refractivity contribution in [3.63, 3.8) is 0 Å². The lowest BCUT2D eigenvalue weighted by atomic mass is 9.74. The molecule has 0 saturated carbocycles. The molecule has 2 unspecified atom stereocenters. The highest BCUT2D eigenvalue weighted by atomic mass is 35.5. The molecule has 0 radical (unpaired) electrons. The van der Waals surface area contributed by atoms with Crippen molar-refractivity contribution in [1.82, 2.24) is 5.32 Å². The van der Waals surface area contributed by atoms with Gasteiger partial charge in [-0.25, -0.2) is 0 Å². The predicted octanol–water partition coefficient (Wildman–Crippen LogP) is 4.68. The number of benzene rings is 1. The van der Waals surface area contributed by atoms with E-state index in [0.29, 0.717) is 11.8 Å². The van der Waals surface area contributed by atoms with Crippen molar-refractivity contribution in [1.29, 1.82) is 0 Å². The van der Waals surface area contributed by atoms with E-state index in [0.717, 1.165) is 12.3 Å². The smallest absolute Gasteiger partial charge is 0.119 e. The highest BCUT2D eigenvalue weighted by Gasteiger charge is 2.28. The lowest BCUT2D eigenvalue weighted by Gasteiger charge is -2.32. The average Bonchev–Trinajstić information content (AvgIpc) is 3.06. The number of halogens is 1. The molecule has 4 heteroatoms. The maximum Gasteiger partial charge on any atom is 0.119 e. The van der Waals surface area contributed by atoms with Crippen molar-refractivity contribution in [3.05, 3.63) is 51.7 Å². The SMILES string of the molecule is CNCC(Cc1cccs1)C1CCCc2ccc(OC)cc21.Cl. The monoisotopic (exact) mass is 351 g/mol. The Kier molecular flexibility index (Phi) is 6.94. The van der Waals surface area contributed by atoms with Gasteiger partial charge in [0.1, 0.15) is 5.75 Å². The highest BCUT2D eigenvalue weighted by molar-refractivity contribution is 7.09. The van der Waals surface area contributed by atoms with Crippen LogP contribution in [-0.4, -0.2) is 20.7 Å². The number of rotatable bonds is 6. The summed E-state index contributed by atoms with van der Waals surface area (Å²) in [6.45, 7) is 1.07. The topological polar surface area (TPSA) is 21.3 Å². The Morgan fingerprint density at radius 2 is 2.22 bits per heavy atom. The maximum atomic E-state index is 5.46. The summed E-state index contributed by atoms with van der Waals surface area (Å²) in [5.74, 6) is 2.27. The van der Waals surface area contributed by atoms with Gasteiger partial charge in [0.15, 0.2) is 0 Å². The zero-order valence-corrected chi connectivity index (χ0v) is 15.5. The molecule has 0 aliphatic heterocycles. The molecule has 0 bridgehead atoms. The normalized spacial score (nSPS) is 17.9. The summed E-state index contributed by atoms with van der Waals surface area (Å²) in [5.41, 5.74) is 3.03. The molecule has 1 N–H and O–H groups in total. The summed E-state index contributed by atoms with van der Waals surface area (Å²) < 4.78 is 5.46. The summed E-state index contributed by atoms with van der Waals surface area (Å²) in [6.07, 6.45) is 4.97. The number of aryl methyl sites for hydroxylation is 1. The van der Waals surface area contributed by atoms with E-state index in [1.54, 1.807) is 7.11 Å². The zero-order valence-electron chi connectivity index (χ0n) is 13.9. The maximum absolute atomic E-state index is 5.46. The molecule has 23 heavy (non-hydrogen) atoms. The third-order valence-corrected chi connectivity index (χ3v) is 5.69. The molecule has 1 heterocycles. The molecule has 3 rings (SSSR count). The summed E-state index contributed by atoms with van der Waals surface area (Å²) in [4.78, 5) is 1.50. The second kappa shape index (κ2) is 8.72. The van der Waals surface area contributed by atoms with Gasteiger partial charge in [0.05, 0.1) is 7.11 Å². The molecule has 1 aromatic carbocycles. The van der Waals surface area contributed by atoms with Gasteiger partial charge < -0.3 is 10.1 Å². The predicted molar refractivity (Wildman–Crippen MR) is 101 cm³/mol. The Labute approximate surface area is 149 Å². The van der Waals surface area contributed by atoms with Gasteiger partial charge in [-0.3, -0.25) is 0 Å². The first kappa shape index (κ1) is 18.3. The molecule has 0 spiro atoms. The standard InChI is InChI=1S/C19H25NOS.ClH/c1-20-13-15(11-17-6-4-10-22-17)18-7-3-5-14-8-9-16(21-2)12-19(14)18;/h4,6,8-10,12,15,18,20H,3,5,7,11,13H2,1-2H3;1H. The van der Waals surface area contributed by atoms with E-state index >= 15 is 0 Å². The quantitative estimate of drug-likeness (QED) is 0.816. The minimum atomic E-state index is 0. The molecular formula is C19H26ClNOS. The second-order valence-corrected chi connectivity index (χ2v) is 7.20. The molecule has 2 atom stereocenters. The van der Waals surface area contributed by atoms with Crippen LogP contribution in [0.25, 0.3) is 0 Å². The zero-order chi connectivity index (χ0) is 15.4. The average molecular weight is 352 g/mol. The first-order chi connectivity index (χ1) is 10.8. The van der Waals surface area contributed by atoms with Crippen molar-refractivity contribution in [2.75, 3.05) is 20.7 Å². The molecule has 0 saturated heterocycles. The fraction of sp³-hybridized carbons (Fsp3) is 0.474. The number of methoxy groups -OCH3 is 1. The highest BCUT2D eigenvalue weighted by Crippen LogP contribution is 2.40. The molecule has 2 aromatic rings. The van der Waals surface area contributed by atoms with Crippen LogP contribution >= 0.6 is 23.7 Å². The van der Waals surface area contributed by atoms with E-state index in [9.17, 15) is 0 Å². The van der Waals surface area contributed by atoms with Gasteiger partial charge in [-0.05, 0) is 85.8 Å². The second-order valence-electron chi connectivity index (χ2n) is 6.16. The van der Waals surface area contributed by atoms with E-state index in [-0.39, 0.29) is 12.4 Å². The first-order valence-electron chi connectivity index (χ1n) is 8.15. The van der Waals surface area contributed by atoms with Crippen LogP contribution in [0.5, 0.6) is 5.75 Å². The summed E-state index contributed by atoms with van der Waals surface area (Å²) in [6, 6.07) is 11.1. The van der Waals surface area contributed by atoms with Crippen LogP contribution in [-0.2, 0) is 12.8 Å². The Morgan fingerprint density at radius 1 is 1.35 bits per heavy atom. The van der Waals surface area contributed by atoms with Gasteiger partial charge in [0.2, 0.25) is 0 Å². The van der Waals surface area contributed by atoms with E-state index in [2.05, 4.69) is 48.1 Å². The fourth-order valence-electron chi connectivity index (χ4n) is 3.74. The van der Waals surface area contributed by atoms with Gasteiger partial charge in [-0.2, -0.15) is 0 Å². The molecular weight excluding hydrogens is 326 g/mol. The number of fused-ring (bicyclic) bond motifs is 1. The molecule has 2 nitrogen and oxygen atoms in total. The van der Waals surface area contributed by atoms with Crippen molar-refractivity contribution in [2.24, 2.45) is 5.92 Å². The lowest BCUT2D eigenvalue weighted by molar-refractivity contribution is 0.363. The molecule has 1 aliphatic rings. The summed E-state index contributed by atoms with van der Waals surface area (Å²) >= 11 is 1.88. The van der Waals surface area contributed by atoms with Crippen LogP contribution in [0.4, 0.5) is 0 Å². The summed E-state index contributed by atoms with van der Waals surface area (Å²) in [5, 5.41) is 5.59. The third-order valence-electron chi connectivity index (χ3n) is 4.79. The molecule has 0 amide bonds. The van der Waals surface area contributed by atoms with Crippen molar-refractivity contribution >= 4 is 23.7 Å². The molecule has 126 valence electrons. The van der Waals surface area contributed by atoms with Gasteiger partial charge in [0, 0.05) is 4.88 Å². The molecule has 1 aromatic heterocycles. The number of nitrogens with one attached hydrogen (secondary N) is 1. The van der Waals surface area contributed by atoms with Crippen molar-refractivity contribution < 1.29 is 4.74 Å². The Balaban J connectivity index is 0.00000192. The Morgan fingerprint density at radius 3 is 2.91 bits per heavy atom. The number of hydrogen-bond acceptors (Lipinski definition) is 3. The molecule has 1 aliphatic carbocycles. The van der Waals surface area contributed by atoms with E-state index in [4.69, 9.17) is 4.74 Å². The minimum Gasteiger partial charge on any atom is -0.497 e. The van der Waals surface area contributed by atoms with Crippen LogP contribution in [0.15, 0.2) is 35.7 Å². The first-order valence-corrected chi connectivity index (χ1v) is 9.03. The van der Waals surface area contributed by atoms with Crippen LogP contribution in [0.3, 0.4) is 0 Å². The summed E-state index contributed by atoms with van der Waals surface area (Å²) in [7, 11) is 3.83. The third kappa shape index (κ3) is 4.28.